The van der Waals surface area contributed by atoms with Crippen molar-refractivity contribution in [3.8, 4) is 0 Å². The van der Waals surface area contributed by atoms with Gasteiger partial charge in [-0.1, -0.05) is 30.3 Å². The van der Waals surface area contributed by atoms with Crippen LogP contribution in [0.15, 0.2) is 30.3 Å². The monoisotopic (exact) mass is 277 g/mol. The molecule has 20 heavy (non-hydrogen) atoms. The van der Waals surface area contributed by atoms with Crippen molar-refractivity contribution in [2.45, 2.75) is 25.5 Å². The lowest BCUT2D eigenvalue weighted by molar-refractivity contribution is -0.928. The van der Waals surface area contributed by atoms with Crippen LogP contribution in [-0.4, -0.2) is 50.3 Å². The quantitative estimate of drug-likeness (QED) is 0.466. The Bertz CT molecular complexity index is 400. The minimum atomic E-state index is 0.352. The molecule has 1 saturated heterocycles. The lowest BCUT2D eigenvalue weighted by Gasteiger charge is -2.40. The van der Waals surface area contributed by atoms with Crippen LogP contribution in [0, 0.1) is 0 Å². The fraction of sp³-hybridized carbons (Fsp3) is 0.562. The average molecular weight is 277 g/mol. The smallest absolute Gasteiger partial charge is 0.207 e. The number of hydrogen-bond acceptors (Lipinski definition) is 2. The fourth-order valence-corrected chi connectivity index (χ4v) is 2.86. The molecule has 0 radical (unpaired) electrons. The van der Waals surface area contributed by atoms with Crippen molar-refractivity contribution in [2.24, 2.45) is 0 Å². The lowest BCUT2D eigenvalue weighted by atomic mass is 10.0. The normalized spacial score (nSPS) is 26.1. The van der Waals surface area contributed by atoms with Gasteiger partial charge >= 0.3 is 0 Å². The number of carbonyl (C=O) groups excluding carboxylic acids is 1. The van der Waals surface area contributed by atoms with Crippen molar-refractivity contribution >= 4 is 6.41 Å². The number of carbonyl (C=O) groups is 1. The molecule has 1 aromatic rings. The maximum absolute atomic E-state index is 10.1. The maximum atomic E-state index is 10.1. The third kappa shape index (κ3) is 4.62. The van der Waals surface area contributed by atoms with Crippen LogP contribution in [0.4, 0.5) is 0 Å². The lowest BCUT2D eigenvalue weighted by Crippen LogP contribution is -2.50. The second-order valence-corrected chi connectivity index (χ2v) is 5.85. The summed E-state index contributed by atoms with van der Waals surface area (Å²) in [6.07, 6.45) is 3.28. The molecule has 0 aliphatic carbocycles. The average Bonchev–Trinajstić information content (AvgIpc) is 2.46. The molecule has 1 N–H and O–H groups in total. The molecule has 0 spiro atoms. The van der Waals surface area contributed by atoms with E-state index in [1.807, 2.05) is 0 Å². The molecule has 1 aliphatic heterocycles. The molecule has 0 bridgehead atoms. The number of hydrogen-bond donors (Lipinski definition) is 1. The van der Waals surface area contributed by atoms with Crippen molar-refractivity contribution < 1.29 is 14.0 Å². The second-order valence-electron chi connectivity index (χ2n) is 5.85. The topological polar surface area (TPSA) is 38.3 Å². The first-order chi connectivity index (χ1) is 9.72. The zero-order valence-corrected chi connectivity index (χ0v) is 12.3. The van der Waals surface area contributed by atoms with Crippen LogP contribution in [0.1, 0.15) is 18.4 Å². The van der Waals surface area contributed by atoms with Gasteiger partial charge in [0.15, 0.2) is 0 Å². The molecule has 110 valence electrons. The number of likely N-dealkylation sites (tertiary alicyclic amines) is 1. The Balaban J connectivity index is 1.73. The summed E-state index contributed by atoms with van der Waals surface area (Å²) in [5.74, 6) is 0. The Labute approximate surface area is 121 Å². The first-order valence-electron chi connectivity index (χ1n) is 7.38. The summed E-state index contributed by atoms with van der Waals surface area (Å²) in [4.78, 5) is 10.1. The van der Waals surface area contributed by atoms with Gasteiger partial charge < -0.3 is 14.5 Å². The number of benzene rings is 1. The molecular formula is C16H25N2O2+. The highest BCUT2D eigenvalue weighted by Gasteiger charge is 2.30. The van der Waals surface area contributed by atoms with Gasteiger partial charge in [-0.2, -0.15) is 0 Å². The highest BCUT2D eigenvalue weighted by atomic mass is 16.5. The van der Waals surface area contributed by atoms with E-state index in [0.29, 0.717) is 19.3 Å². The number of rotatable bonds is 7. The molecule has 0 saturated carbocycles. The summed E-state index contributed by atoms with van der Waals surface area (Å²) < 4.78 is 6.89. The largest absolute Gasteiger partial charge is 0.376 e. The van der Waals surface area contributed by atoms with Crippen molar-refractivity contribution in [3.63, 3.8) is 0 Å². The molecule has 0 unspecified atom stereocenters. The standard InChI is InChI=1S/C16H24N2O2/c1-18(13-15-5-3-2-4-6-15)10-7-16(8-11-18)20-12-9-17-14-19/h2-6,14,16H,7-13H2,1H3/p+1. The van der Waals surface area contributed by atoms with Crippen molar-refractivity contribution in [1.82, 2.24) is 5.32 Å². The van der Waals surface area contributed by atoms with Crippen molar-refractivity contribution in [1.29, 1.82) is 0 Å². The fourth-order valence-electron chi connectivity index (χ4n) is 2.86. The molecule has 0 aromatic heterocycles. The third-order valence-electron chi connectivity index (χ3n) is 4.07. The van der Waals surface area contributed by atoms with Crippen molar-refractivity contribution in [3.05, 3.63) is 35.9 Å². The molecule has 1 aliphatic rings. The zero-order valence-electron chi connectivity index (χ0n) is 12.3. The molecular weight excluding hydrogens is 252 g/mol. The molecule has 4 nitrogen and oxygen atoms in total. The van der Waals surface area contributed by atoms with E-state index < -0.39 is 0 Å². The molecule has 1 heterocycles. The second kappa shape index (κ2) is 7.41. The molecule has 2 rings (SSSR count). The van der Waals surface area contributed by atoms with Gasteiger partial charge in [-0.05, 0) is 0 Å². The van der Waals surface area contributed by atoms with Gasteiger partial charge in [0.25, 0.3) is 0 Å². The van der Waals surface area contributed by atoms with E-state index >= 15 is 0 Å². The molecule has 1 aromatic carbocycles. The van der Waals surface area contributed by atoms with E-state index in [4.69, 9.17) is 4.74 Å². The molecule has 1 amide bonds. The SMILES string of the molecule is C[N+]1(Cc2ccccc2)CCC(OCCNC=O)CC1. The number of ether oxygens (including phenoxy) is 1. The summed E-state index contributed by atoms with van der Waals surface area (Å²) >= 11 is 0. The number of piperidine rings is 1. The summed E-state index contributed by atoms with van der Waals surface area (Å²) in [5, 5.41) is 2.63. The number of nitrogens with zero attached hydrogens (tertiary/aromatic N) is 1. The van der Waals surface area contributed by atoms with Crippen LogP contribution >= 0.6 is 0 Å². The Morgan fingerprint density at radius 3 is 2.65 bits per heavy atom. The van der Waals surface area contributed by atoms with Crippen LogP contribution in [0.2, 0.25) is 0 Å². The van der Waals surface area contributed by atoms with E-state index in [1.54, 1.807) is 0 Å². The predicted molar refractivity (Wildman–Crippen MR) is 79.1 cm³/mol. The van der Waals surface area contributed by atoms with Crippen LogP contribution in [-0.2, 0) is 16.1 Å². The van der Waals surface area contributed by atoms with Gasteiger partial charge in [0, 0.05) is 24.9 Å². The Hall–Kier alpha value is -1.39. The van der Waals surface area contributed by atoms with E-state index in [0.717, 1.165) is 43.4 Å². The Kier molecular flexibility index (Phi) is 5.56. The molecule has 4 heteroatoms. The number of amides is 1. The molecule has 0 atom stereocenters. The zero-order chi connectivity index (χ0) is 14.3. The maximum Gasteiger partial charge on any atom is 0.207 e. The summed E-state index contributed by atoms with van der Waals surface area (Å²) in [7, 11) is 2.33. The highest BCUT2D eigenvalue weighted by molar-refractivity contribution is 5.45. The minimum Gasteiger partial charge on any atom is -0.376 e. The number of nitrogens with one attached hydrogen (secondary N) is 1. The third-order valence-corrected chi connectivity index (χ3v) is 4.07. The van der Waals surface area contributed by atoms with Gasteiger partial charge in [0.2, 0.25) is 6.41 Å². The van der Waals surface area contributed by atoms with E-state index in [9.17, 15) is 4.79 Å². The van der Waals surface area contributed by atoms with E-state index in [-0.39, 0.29) is 0 Å². The first kappa shape index (κ1) is 15.0. The van der Waals surface area contributed by atoms with Crippen LogP contribution < -0.4 is 5.32 Å². The van der Waals surface area contributed by atoms with Crippen molar-refractivity contribution in [2.75, 3.05) is 33.3 Å². The highest BCUT2D eigenvalue weighted by Crippen LogP contribution is 2.22. The van der Waals surface area contributed by atoms with Crippen LogP contribution in [0.5, 0.6) is 0 Å². The number of quaternary nitrogens is 1. The summed E-state index contributed by atoms with van der Waals surface area (Å²) in [6.45, 7) is 4.63. The van der Waals surface area contributed by atoms with E-state index in [2.05, 4.69) is 42.7 Å². The Morgan fingerprint density at radius 1 is 1.30 bits per heavy atom. The van der Waals surface area contributed by atoms with Gasteiger partial charge in [-0.25, -0.2) is 0 Å². The first-order valence-corrected chi connectivity index (χ1v) is 7.38. The molecule has 1 fully saturated rings. The van der Waals surface area contributed by atoms with Crippen LogP contribution in [0.3, 0.4) is 0 Å². The van der Waals surface area contributed by atoms with Gasteiger partial charge in [-0.3, -0.25) is 4.79 Å². The van der Waals surface area contributed by atoms with Gasteiger partial charge in [0.05, 0.1) is 32.8 Å². The summed E-state index contributed by atoms with van der Waals surface area (Å²) in [5.41, 5.74) is 1.41. The minimum absolute atomic E-state index is 0.352. The van der Waals surface area contributed by atoms with E-state index in [1.165, 1.54) is 5.56 Å². The Morgan fingerprint density at radius 2 is 2.00 bits per heavy atom. The van der Waals surface area contributed by atoms with Crippen LogP contribution in [0.25, 0.3) is 0 Å². The van der Waals surface area contributed by atoms with Gasteiger partial charge in [-0.15, -0.1) is 0 Å². The predicted octanol–water partition coefficient (Wildman–Crippen LogP) is 1.56. The summed E-state index contributed by atoms with van der Waals surface area (Å²) in [6, 6.07) is 10.7. The van der Waals surface area contributed by atoms with Gasteiger partial charge in [0.1, 0.15) is 6.54 Å².